The molecule has 1 aliphatic heterocycles. The fraction of sp³-hybridized carbons (Fsp3) is 0.800. The Labute approximate surface area is 79.3 Å². The number of hydrogen-bond acceptors (Lipinski definition) is 3. The Kier molecular flexibility index (Phi) is 4.48. The molecule has 1 saturated heterocycles. The zero-order valence-electron chi connectivity index (χ0n) is 7.96. The molecule has 0 radical (unpaired) electrons. The molecule has 0 amide bonds. The van der Waals surface area contributed by atoms with Crippen molar-refractivity contribution in [3.05, 3.63) is 0 Å². The van der Waals surface area contributed by atoms with Crippen molar-refractivity contribution < 1.29 is 4.79 Å². The Bertz CT molecular complexity index is 197. The van der Waals surface area contributed by atoms with Crippen molar-refractivity contribution >= 4 is 5.78 Å². The van der Waals surface area contributed by atoms with Crippen LogP contribution in [0, 0.1) is 11.3 Å². The molecule has 0 atom stereocenters. The van der Waals surface area contributed by atoms with Gasteiger partial charge in [0.15, 0.2) is 0 Å². The number of ketones is 1. The first-order chi connectivity index (χ1) is 6.33. The van der Waals surface area contributed by atoms with Crippen molar-refractivity contribution in [3.63, 3.8) is 0 Å². The number of Topliss-reactive ketones (excluding diaryl/α,β-unsaturated/α-hetero) is 1. The van der Waals surface area contributed by atoms with Crippen molar-refractivity contribution in [2.45, 2.75) is 32.1 Å². The van der Waals surface area contributed by atoms with Crippen molar-refractivity contribution in [3.8, 4) is 6.07 Å². The molecule has 3 nitrogen and oxygen atoms in total. The zero-order valence-corrected chi connectivity index (χ0v) is 7.96. The second-order valence-corrected chi connectivity index (χ2v) is 3.50. The van der Waals surface area contributed by atoms with Gasteiger partial charge >= 0.3 is 0 Å². The summed E-state index contributed by atoms with van der Waals surface area (Å²) in [6, 6.07) is 2.14. The van der Waals surface area contributed by atoms with Gasteiger partial charge in [-0.2, -0.15) is 5.26 Å². The van der Waals surface area contributed by atoms with E-state index in [1.165, 1.54) is 0 Å². The lowest BCUT2D eigenvalue weighted by molar-refractivity contribution is -0.121. The molecule has 0 unspecified atom stereocenters. The molecule has 0 aliphatic carbocycles. The summed E-state index contributed by atoms with van der Waals surface area (Å²) >= 11 is 0. The van der Waals surface area contributed by atoms with E-state index >= 15 is 0 Å². The van der Waals surface area contributed by atoms with Crippen LogP contribution in [-0.2, 0) is 4.79 Å². The van der Waals surface area contributed by atoms with Crippen LogP contribution in [0.2, 0.25) is 0 Å². The van der Waals surface area contributed by atoms with Crippen LogP contribution >= 0.6 is 0 Å². The second-order valence-electron chi connectivity index (χ2n) is 3.50. The smallest absolute Gasteiger partial charge is 0.135 e. The van der Waals surface area contributed by atoms with Crippen molar-refractivity contribution in [1.82, 2.24) is 4.90 Å². The van der Waals surface area contributed by atoms with Crippen molar-refractivity contribution in [1.29, 1.82) is 5.26 Å². The zero-order chi connectivity index (χ0) is 9.52. The van der Waals surface area contributed by atoms with Crippen LogP contribution in [-0.4, -0.2) is 30.3 Å². The van der Waals surface area contributed by atoms with Crippen LogP contribution in [0.3, 0.4) is 0 Å². The molecular weight excluding hydrogens is 164 g/mol. The predicted molar refractivity (Wildman–Crippen MR) is 50.1 cm³/mol. The van der Waals surface area contributed by atoms with E-state index in [4.69, 9.17) is 5.26 Å². The molecule has 0 aromatic carbocycles. The van der Waals surface area contributed by atoms with Crippen LogP contribution in [0.15, 0.2) is 0 Å². The standard InChI is InChI=1S/C10H16N2O/c11-6-2-1-3-7-12-8-4-10(13)5-9-12/h1-5,7-9H2. The molecule has 0 aromatic rings. The number of nitrogens with zero attached hydrogens (tertiary/aromatic N) is 2. The second kappa shape index (κ2) is 5.71. The third kappa shape index (κ3) is 4.05. The van der Waals surface area contributed by atoms with Crippen LogP contribution in [0.5, 0.6) is 0 Å². The SMILES string of the molecule is N#CCCCCN1CCC(=O)CC1. The van der Waals surface area contributed by atoms with Gasteiger partial charge in [-0.05, 0) is 19.4 Å². The van der Waals surface area contributed by atoms with E-state index < -0.39 is 0 Å². The number of likely N-dealkylation sites (tertiary alicyclic amines) is 1. The van der Waals surface area contributed by atoms with Gasteiger partial charge in [-0.25, -0.2) is 0 Å². The van der Waals surface area contributed by atoms with E-state index in [-0.39, 0.29) is 0 Å². The number of rotatable bonds is 4. The summed E-state index contributed by atoms with van der Waals surface area (Å²) in [5.41, 5.74) is 0. The van der Waals surface area contributed by atoms with Gasteiger partial charge in [0.1, 0.15) is 5.78 Å². The molecule has 0 spiro atoms. The minimum atomic E-state index is 0.397. The quantitative estimate of drug-likeness (QED) is 0.613. The molecule has 0 saturated carbocycles. The van der Waals surface area contributed by atoms with E-state index in [1.54, 1.807) is 0 Å². The molecule has 0 bridgehead atoms. The summed E-state index contributed by atoms with van der Waals surface area (Å²) < 4.78 is 0. The molecule has 0 N–H and O–H groups in total. The van der Waals surface area contributed by atoms with E-state index in [1.807, 2.05) is 0 Å². The summed E-state index contributed by atoms with van der Waals surface area (Å²) in [5, 5.41) is 8.33. The third-order valence-electron chi connectivity index (χ3n) is 2.43. The minimum Gasteiger partial charge on any atom is -0.302 e. The summed E-state index contributed by atoms with van der Waals surface area (Å²) in [6.07, 6.45) is 4.17. The molecule has 1 fully saturated rings. The Hall–Kier alpha value is -0.880. The fourth-order valence-electron chi connectivity index (χ4n) is 1.57. The predicted octanol–water partition coefficient (Wildman–Crippen LogP) is 1.35. The minimum absolute atomic E-state index is 0.397. The van der Waals surface area contributed by atoms with E-state index in [0.29, 0.717) is 12.2 Å². The van der Waals surface area contributed by atoms with Crippen LogP contribution in [0.4, 0.5) is 0 Å². The molecule has 13 heavy (non-hydrogen) atoms. The average molecular weight is 180 g/mol. The highest BCUT2D eigenvalue weighted by Gasteiger charge is 2.14. The average Bonchev–Trinajstić information content (AvgIpc) is 2.15. The fourth-order valence-corrected chi connectivity index (χ4v) is 1.57. The Morgan fingerprint density at radius 3 is 2.62 bits per heavy atom. The lowest BCUT2D eigenvalue weighted by Gasteiger charge is -2.25. The summed E-state index contributed by atoms with van der Waals surface area (Å²) in [7, 11) is 0. The Morgan fingerprint density at radius 2 is 2.00 bits per heavy atom. The van der Waals surface area contributed by atoms with Crippen LogP contribution in [0.25, 0.3) is 0 Å². The molecule has 1 heterocycles. The molecule has 72 valence electrons. The summed E-state index contributed by atoms with van der Waals surface area (Å²) in [4.78, 5) is 13.2. The third-order valence-corrected chi connectivity index (χ3v) is 2.43. The molecule has 0 aromatic heterocycles. The molecule has 1 aliphatic rings. The van der Waals surface area contributed by atoms with Gasteiger partial charge in [-0.3, -0.25) is 4.79 Å². The van der Waals surface area contributed by atoms with Gasteiger partial charge in [-0.1, -0.05) is 0 Å². The van der Waals surface area contributed by atoms with Gasteiger partial charge in [-0.15, -0.1) is 0 Å². The highest BCUT2D eigenvalue weighted by Crippen LogP contribution is 2.07. The van der Waals surface area contributed by atoms with Crippen molar-refractivity contribution in [2.24, 2.45) is 0 Å². The van der Waals surface area contributed by atoms with Crippen molar-refractivity contribution in [2.75, 3.05) is 19.6 Å². The summed E-state index contributed by atoms with van der Waals surface area (Å²) in [6.45, 7) is 2.89. The maximum atomic E-state index is 10.9. The van der Waals surface area contributed by atoms with E-state index in [0.717, 1.165) is 45.3 Å². The number of carbonyl (C=O) groups is 1. The topological polar surface area (TPSA) is 44.1 Å². The van der Waals surface area contributed by atoms with Gasteiger partial charge < -0.3 is 4.90 Å². The number of nitriles is 1. The first-order valence-electron chi connectivity index (χ1n) is 4.94. The number of unbranched alkanes of at least 4 members (excludes halogenated alkanes) is 2. The highest BCUT2D eigenvalue weighted by atomic mass is 16.1. The first-order valence-corrected chi connectivity index (χ1v) is 4.94. The molecule has 3 heteroatoms. The lowest BCUT2D eigenvalue weighted by Crippen LogP contribution is -2.34. The van der Waals surface area contributed by atoms with E-state index in [2.05, 4.69) is 11.0 Å². The summed E-state index contributed by atoms with van der Waals surface area (Å²) in [5.74, 6) is 0.397. The maximum absolute atomic E-state index is 10.9. The van der Waals surface area contributed by atoms with Crippen LogP contribution < -0.4 is 0 Å². The maximum Gasteiger partial charge on any atom is 0.135 e. The van der Waals surface area contributed by atoms with Gasteiger partial charge in [0.25, 0.3) is 0 Å². The Morgan fingerprint density at radius 1 is 1.31 bits per heavy atom. The van der Waals surface area contributed by atoms with Crippen LogP contribution in [0.1, 0.15) is 32.1 Å². The van der Waals surface area contributed by atoms with Gasteiger partial charge in [0.05, 0.1) is 6.07 Å². The first kappa shape index (κ1) is 10.2. The Balaban J connectivity index is 2.03. The largest absolute Gasteiger partial charge is 0.302 e. The van der Waals surface area contributed by atoms with Gasteiger partial charge in [0.2, 0.25) is 0 Å². The number of carbonyl (C=O) groups excluding carboxylic acids is 1. The van der Waals surface area contributed by atoms with E-state index in [9.17, 15) is 4.79 Å². The van der Waals surface area contributed by atoms with Gasteiger partial charge in [0, 0.05) is 32.4 Å². The monoisotopic (exact) mass is 180 g/mol. The normalized spacial score (nSPS) is 18.5. The molecular formula is C10H16N2O. The highest BCUT2D eigenvalue weighted by molar-refractivity contribution is 5.79. The number of hydrogen-bond donors (Lipinski definition) is 0. The number of piperidine rings is 1. The molecule has 1 rings (SSSR count). The lowest BCUT2D eigenvalue weighted by atomic mass is 10.1.